The predicted octanol–water partition coefficient (Wildman–Crippen LogP) is 1.66. The normalized spacial score (nSPS) is 12.3. The Kier molecular flexibility index (Phi) is 6.18. The van der Waals surface area contributed by atoms with Crippen molar-refractivity contribution in [3.8, 4) is 0 Å². The lowest BCUT2D eigenvalue weighted by molar-refractivity contribution is -0.120. The van der Waals surface area contributed by atoms with Gasteiger partial charge in [0.2, 0.25) is 5.91 Å². The number of hydrogen-bond donors (Lipinski definition) is 1. The molecule has 7 heteroatoms. The first-order chi connectivity index (χ1) is 11.1. The van der Waals surface area contributed by atoms with E-state index in [1.54, 1.807) is 30.7 Å². The molecule has 0 bridgehead atoms. The summed E-state index contributed by atoms with van der Waals surface area (Å²) >= 11 is 1.28. The van der Waals surface area contributed by atoms with Crippen LogP contribution in [0.15, 0.2) is 34.2 Å². The molecule has 1 amide bonds. The smallest absolute Gasteiger partial charge is 0.262 e. The minimum atomic E-state index is -0.336. The van der Waals surface area contributed by atoms with Crippen LogP contribution in [0.2, 0.25) is 0 Å². The highest BCUT2D eigenvalue weighted by atomic mass is 32.2. The predicted molar refractivity (Wildman–Crippen MR) is 91.9 cm³/mol. The van der Waals surface area contributed by atoms with Crippen LogP contribution in [0.4, 0.5) is 0 Å². The molecule has 124 valence electrons. The van der Waals surface area contributed by atoms with Gasteiger partial charge in [-0.1, -0.05) is 23.9 Å². The van der Waals surface area contributed by atoms with Crippen LogP contribution >= 0.6 is 11.8 Å². The molecule has 1 heterocycles. The van der Waals surface area contributed by atoms with Gasteiger partial charge in [0.15, 0.2) is 5.16 Å². The Morgan fingerprint density at radius 2 is 2.17 bits per heavy atom. The summed E-state index contributed by atoms with van der Waals surface area (Å²) in [4.78, 5) is 29.2. The van der Waals surface area contributed by atoms with Crippen molar-refractivity contribution < 1.29 is 9.53 Å². The molecule has 23 heavy (non-hydrogen) atoms. The maximum atomic E-state index is 12.7. The number of nitrogens with one attached hydrogen (secondary N) is 1. The Morgan fingerprint density at radius 3 is 2.87 bits per heavy atom. The third kappa shape index (κ3) is 4.11. The zero-order valence-corrected chi connectivity index (χ0v) is 14.4. The summed E-state index contributed by atoms with van der Waals surface area (Å²) in [5.74, 6) is -0.0711. The van der Waals surface area contributed by atoms with E-state index in [0.717, 1.165) is 0 Å². The summed E-state index contributed by atoms with van der Waals surface area (Å²) in [5.41, 5.74) is 0.523. The van der Waals surface area contributed by atoms with Gasteiger partial charge in [0.05, 0.1) is 29.3 Å². The molecule has 0 aliphatic heterocycles. The zero-order chi connectivity index (χ0) is 16.8. The summed E-state index contributed by atoms with van der Waals surface area (Å²) in [6.45, 7) is 5.06. The first kappa shape index (κ1) is 17.5. The SMILES string of the molecule is CCNC(=O)[C@@H](C)Sc1nc2ccccc2c(=O)n1CCOC. The van der Waals surface area contributed by atoms with Crippen molar-refractivity contribution in [2.45, 2.75) is 30.8 Å². The topological polar surface area (TPSA) is 73.2 Å². The second-order valence-electron chi connectivity index (χ2n) is 5.02. The molecule has 6 nitrogen and oxygen atoms in total. The minimum absolute atomic E-state index is 0.0711. The molecule has 1 atom stereocenters. The fraction of sp³-hybridized carbons (Fsp3) is 0.438. The number of para-hydroxylation sites is 1. The molecular formula is C16H21N3O3S. The van der Waals surface area contributed by atoms with Gasteiger partial charge in [-0.3, -0.25) is 14.2 Å². The van der Waals surface area contributed by atoms with E-state index in [4.69, 9.17) is 4.74 Å². The van der Waals surface area contributed by atoms with E-state index < -0.39 is 0 Å². The molecule has 1 aromatic heterocycles. The molecule has 1 N–H and O–H groups in total. The van der Waals surface area contributed by atoms with Gasteiger partial charge in [0.1, 0.15) is 0 Å². The fourth-order valence-electron chi connectivity index (χ4n) is 2.15. The summed E-state index contributed by atoms with van der Waals surface area (Å²) in [6.07, 6.45) is 0. The highest BCUT2D eigenvalue weighted by Gasteiger charge is 2.18. The quantitative estimate of drug-likeness (QED) is 0.615. The van der Waals surface area contributed by atoms with Crippen molar-refractivity contribution in [2.24, 2.45) is 0 Å². The van der Waals surface area contributed by atoms with Crippen LogP contribution in [0.1, 0.15) is 13.8 Å². The van der Waals surface area contributed by atoms with Crippen LogP contribution in [0, 0.1) is 0 Å². The van der Waals surface area contributed by atoms with Crippen LogP contribution in [0.3, 0.4) is 0 Å². The highest BCUT2D eigenvalue weighted by Crippen LogP contribution is 2.22. The average molecular weight is 335 g/mol. The summed E-state index contributed by atoms with van der Waals surface area (Å²) < 4.78 is 6.66. The lowest BCUT2D eigenvalue weighted by atomic mass is 10.2. The number of hydrogen-bond acceptors (Lipinski definition) is 5. The van der Waals surface area contributed by atoms with Crippen molar-refractivity contribution >= 4 is 28.6 Å². The van der Waals surface area contributed by atoms with Crippen molar-refractivity contribution in [3.05, 3.63) is 34.6 Å². The summed E-state index contributed by atoms with van der Waals surface area (Å²) in [5, 5.41) is 3.54. The van der Waals surface area contributed by atoms with Crippen molar-refractivity contribution in [2.75, 3.05) is 20.3 Å². The van der Waals surface area contributed by atoms with E-state index in [1.807, 2.05) is 19.1 Å². The molecule has 0 fully saturated rings. The number of benzene rings is 1. The molecule has 0 unspecified atom stereocenters. The minimum Gasteiger partial charge on any atom is -0.383 e. The summed E-state index contributed by atoms with van der Waals surface area (Å²) in [6, 6.07) is 7.22. The molecule has 0 saturated heterocycles. The Bertz CT molecular complexity index is 745. The van der Waals surface area contributed by atoms with Crippen molar-refractivity contribution in [1.82, 2.24) is 14.9 Å². The van der Waals surface area contributed by atoms with Crippen molar-refractivity contribution in [3.63, 3.8) is 0 Å². The Hall–Kier alpha value is -1.86. The van der Waals surface area contributed by atoms with Gasteiger partial charge in [0.25, 0.3) is 5.56 Å². The van der Waals surface area contributed by atoms with Gasteiger partial charge in [-0.05, 0) is 26.0 Å². The van der Waals surface area contributed by atoms with Crippen LogP contribution in [-0.2, 0) is 16.1 Å². The molecule has 0 aliphatic carbocycles. The van der Waals surface area contributed by atoms with Gasteiger partial charge in [-0.15, -0.1) is 0 Å². The monoisotopic (exact) mass is 335 g/mol. The van der Waals surface area contributed by atoms with Gasteiger partial charge in [-0.25, -0.2) is 4.98 Å². The number of aromatic nitrogens is 2. The van der Waals surface area contributed by atoms with E-state index >= 15 is 0 Å². The van der Waals surface area contributed by atoms with Gasteiger partial charge in [-0.2, -0.15) is 0 Å². The van der Waals surface area contributed by atoms with Crippen LogP contribution < -0.4 is 10.9 Å². The molecule has 0 radical (unpaired) electrons. The van der Waals surface area contributed by atoms with E-state index in [9.17, 15) is 9.59 Å². The van der Waals surface area contributed by atoms with Gasteiger partial charge < -0.3 is 10.1 Å². The lowest BCUT2D eigenvalue weighted by Crippen LogP contribution is -2.32. The number of carbonyl (C=O) groups excluding carboxylic acids is 1. The maximum absolute atomic E-state index is 12.7. The Balaban J connectivity index is 2.43. The summed E-state index contributed by atoms with van der Waals surface area (Å²) in [7, 11) is 1.59. The third-order valence-corrected chi connectivity index (χ3v) is 4.44. The molecule has 0 spiro atoms. The number of methoxy groups -OCH3 is 1. The van der Waals surface area contributed by atoms with Gasteiger partial charge in [0, 0.05) is 13.7 Å². The number of carbonyl (C=O) groups is 1. The average Bonchev–Trinajstić information content (AvgIpc) is 2.55. The standard InChI is InChI=1S/C16H21N3O3S/c1-4-17-14(20)11(2)23-16-18-13-8-6-5-7-12(13)15(21)19(16)9-10-22-3/h5-8,11H,4,9-10H2,1-3H3,(H,17,20)/t11-/m1/s1. The first-order valence-corrected chi connectivity index (χ1v) is 8.39. The van der Waals surface area contributed by atoms with Crippen LogP contribution in [-0.4, -0.2) is 41.0 Å². The second-order valence-corrected chi connectivity index (χ2v) is 6.32. The van der Waals surface area contributed by atoms with E-state index in [0.29, 0.717) is 35.8 Å². The van der Waals surface area contributed by atoms with E-state index in [1.165, 1.54) is 11.8 Å². The maximum Gasteiger partial charge on any atom is 0.262 e. The second kappa shape index (κ2) is 8.12. The molecule has 0 aliphatic rings. The number of amides is 1. The van der Waals surface area contributed by atoms with Gasteiger partial charge >= 0.3 is 0 Å². The molecule has 0 saturated carbocycles. The van der Waals surface area contributed by atoms with Crippen molar-refractivity contribution in [1.29, 1.82) is 0 Å². The number of ether oxygens (including phenoxy) is 1. The lowest BCUT2D eigenvalue weighted by Gasteiger charge is -2.15. The zero-order valence-electron chi connectivity index (χ0n) is 13.5. The third-order valence-electron chi connectivity index (χ3n) is 3.35. The first-order valence-electron chi connectivity index (χ1n) is 7.51. The number of rotatable bonds is 7. The largest absolute Gasteiger partial charge is 0.383 e. The number of fused-ring (bicyclic) bond motifs is 1. The van der Waals surface area contributed by atoms with Crippen LogP contribution in [0.25, 0.3) is 10.9 Å². The Morgan fingerprint density at radius 1 is 1.43 bits per heavy atom. The Labute approximate surface area is 139 Å². The molecule has 2 aromatic rings. The van der Waals surface area contributed by atoms with E-state index in [-0.39, 0.29) is 16.7 Å². The molecule has 2 rings (SSSR count). The van der Waals surface area contributed by atoms with E-state index in [2.05, 4.69) is 10.3 Å². The fourth-order valence-corrected chi connectivity index (χ4v) is 3.11. The molecule has 1 aromatic carbocycles. The number of nitrogens with zero attached hydrogens (tertiary/aromatic N) is 2. The van der Waals surface area contributed by atoms with Crippen LogP contribution in [0.5, 0.6) is 0 Å². The highest BCUT2D eigenvalue weighted by molar-refractivity contribution is 8.00. The number of thioether (sulfide) groups is 1. The molecular weight excluding hydrogens is 314 g/mol.